The fourth-order valence-corrected chi connectivity index (χ4v) is 5.63. The second-order valence-corrected chi connectivity index (χ2v) is 9.18. The average molecular weight is 485 g/mol. The van der Waals surface area contributed by atoms with Crippen molar-refractivity contribution in [2.75, 3.05) is 18.0 Å². The molecule has 174 valence electrons. The number of hydrogen-bond acceptors (Lipinski definition) is 4. The summed E-state index contributed by atoms with van der Waals surface area (Å²) in [4.78, 5) is 45.3. The first-order valence-corrected chi connectivity index (χ1v) is 11.9. The fraction of sp³-hybridized carbons (Fsp3) is 0.179. The van der Waals surface area contributed by atoms with E-state index in [4.69, 9.17) is 16.0 Å². The van der Waals surface area contributed by atoms with E-state index in [1.165, 1.54) is 11.0 Å². The molecule has 6 nitrogen and oxygen atoms in total. The highest BCUT2D eigenvalue weighted by Gasteiger charge is 2.64. The molecule has 7 heteroatoms. The monoisotopic (exact) mass is 484 g/mol. The van der Waals surface area contributed by atoms with Gasteiger partial charge in [0.05, 0.1) is 16.6 Å². The van der Waals surface area contributed by atoms with Gasteiger partial charge in [0, 0.05) is 23.7 Å². The van der Waals surface area contributed by atoms with Crippen molar-refractivity contribution in [1.29, 1.82) is 0 Å². The Morgan fingerprint density at radius 3 is 2.46 bits per heavy atom. The van der Waals surface area contributed by atoms with E-state index in [1.807, 2.05) is 61.5 Å². The molecule has 1 spiro atoms. The van der Waals surface area contributed by atoms with Crippen LogP contribution in [0.25, 0.3) is 11.0 Å². The molecular formula is C28H21ClN2O4. The van der Waals surface area contributed by atoms with Gasteiger partial charge >= 0.3 is 0 Å². The molecule has 0 bridgehead atoms. The summed E-state index contributed by atoms with van der Waals surface area (Å²) in [5, 5.41) is 0.617. The molecule has 3 aromatic carbocycles. The predicted molar refractivity (Wildman–Crippen MR) is 134 cm³/mol. The summed E-state index contributed by atoms with van der Waals surface area (Å²) in [7, 11) is 0. The molecule has 35 heavy (non-hydrogen) atoms. The molecule has 1 unspecified atom stereocenters. The lowest BCUT2D eigenvalue weighted by molar-refractivity contribution is -0.126. The minimum absolute atomic E-state index is 0.0683. The smallest absolute Gasteiger partial charge is 0.291 e. The van der Waals surface area contributed by atoms with Crippen LogP contribution < -0.4 is 10.3 Å². The zero-order valence-corrected chi connectivity index (χ0v) is 19.7. The lowest BCUT2D eigenvalue weighted by Gasteiger charge is -2.34. The summed E-state index contributed by atoms with van der Waals surface area (Å²) in [5.41, 5.74) is 0.646. The second-order valence-electron chi connectivity index (χ2n) is 8.75. The third-order valence-electron chi connectivity index (χ3n) is 6.98. The first-order valence-electron chi connectivity index (χ1n) is 11.5. The van der Waals surface area contributed by atoms with E-state index < -0.39 is 16.9 Å². The highest BCUT2D eigenvalue weighted by Crippen LogP contribution is 2.52. The number of hydrogen-bond donors (Lipinski definition) is 0. The highest BCUT2D eigenvalue weighted by atomic mass is 35.5. The Morgan fingerprint density at radius 1 is 0.943 bits per heavy atom. The Labute approximate surface area is 206 Å². The Kier molecular flexibility index (Phi) is 4.83. The van der Waals surface area contributed by atoms with Gasteiger partial charge in [0.2, 0.25) is 5.76 Å². The number of carbonyl (C=O) groups excluding carboxylic acids is 2. The summed E-state index contributed by atoms with van der Waals surface area (Å²) in [6, 6.07) is 21.8. The van der Waals surface area contributed by atoms with Crippen LogP contribution in [-0.2, 0) is 16.8 Å². The number of anilines is 1. The maximum absolute atomic E-state index is 14.2. The molecule has 0 saturated heterocycles. The second kappa shape index (κ2) is 7.82. The molecule has 1 aromatic heterocycles. The summed E-state index contributed by atoms with van der Waals surface area (Å²) in [6.45, 7) is 2.52. The number of amides is 2. The van der Waals surface area contributed by atoms with Gasteiger partial charge < -0.3 is 14.2 Å². The van der Waals surface area contributed by atoms with Crippen molar-refractivity contribution >= 4 is 40.1 Å². The van der Waals surface area contributed by atoms with Crippen LogP contribution >= 0.6 is 11.6 Å². The molecule has 3 heterocycles. The van der Waals surface area contributed by atoms with Crippen LogP contribution in [0, 0.1) is 0 Å². The van der Waals surface area contributed by atoms with E-state index in [-0.39, 0.29) is 34.7 Å². The van der Waals surface area contributed by atoms with Crippen molar-refractivity contribution < 1.29 is 14.0 Å². The topological polar surface area (TPSA) is 70.8 Å². The number of halogens is 1. The standard InChI is InChI=1S/C28H21ClN2O4/c1-2-30-21-11-7-6-10-20(21)28(27(30)34)23-24(32)19-16-18(29)12-13-22(19)35-25(23)26(33)31(28)15-14-17-8-4-3-5-9-17/h3-13,16H,2,14-15H2,1H3. The van der Waals surface area contributed by atoms with Crippen molar-refractivity contribution in [3.05, 3.63) is 110 Å². The molecule has 0 aliphatic carbocycles. The first kappa shape index (κ1) is 21.6. The van der Waals surface area contributed by atoms with Crippen molar-refractivity contribution in [3.8, 4) is 0 Å². The molecular weight excluding hydrogens is 464 g/mol. The zero-order chi connectivity index (χ0) is 24.3. The summed E-state index contributed by atoms with van der Waals surface area (Å²) >= 11 is 6.19. The molecule has 4 aromatic rings. The first-order chi connectivity index (χ1) is 17.0. The normalized spacial score (nSPS) is 18.6. The van der Waals surface area contributed by atoms with Crippen LogP contribution in [0.15, 0.2) is 82.0 Å². The molecule has 2 aliphatic rings. The number of nitrogens with zero attached hydrogens (tertiary/aromatic N) is 2. The third-order valence-corrected chi connectivity index (χ3v) is 7.22. The number of benzene rings is 3. The van der Waals surface area contributed by atoms with Crippen molar-refractivity contribution in [3.63, 3.8) is 0 Å². The largest absolute Gasteiger partial charge is 0.450 e. The molecule has 2 amide bonds. The molecule has 0 saturated carbocycles. The van der Waals surface area contributed by atoms with Gasteiger partial charge in [0.1, 0.15) is 5.58 Å². The number of para-hydroxylation sites is 1. The lowest BCUT2D eigenvalue weighted by Crippen LogP contribution is -2.54. The fourth-order valence-electron chi connectivity index (χ4n) is 5.46. The van der Waals surface area contributed by atoms with E-state index in [0.717, 1.165) is 5.56 Å². The molecule has 0 N–H and O–H groups in total. The summed E-state index contributed by atoms with van der Waals surface area (Å²) in [5.74, 6) is -0.875. The Bertz CT molecular complexity index is 1580. The molecule has 0 fully saturated rings. The van der Waals surface area contributed by atoms with Gasteiger partial charge in [-0.15, -0.1) is 0 Å². The Morgan fingerprint density at radius 2 is 1.69 bits per heavy atom. The van der Waals surface area contributed by atoms with E-state index in [1.54, 1.807) is 17.0 Å². The minimum Gasteiger partial charge on any atom is -0.450 e. The number of likely N-dealkylation sites (N-methyl/N-ethyl adjacent to an activating group) is 1. The van der Waals surface area contributed by atoms with Gasteiger partial charge in [-0.1, -0.05) is 60.1 Å². The number of rotatable bonds is 4. The number of fused-ring (bicyclic) bond motifs is 5. The highest BCUT2D eigenvalue weighted by molar-refractivity contribution is 6.31. The van der Waals surface area contributed by atoms with Crippen LogP contribution in [0.3, 0.4) is 0 Å². The Balaban J connectivity index is 1.65. The molecule has 1 atom stereocenters. The minimum atomic E-state index is -1.59. The molecule has 2 aliphatic heterocycles. The van der Waals surface area contributed by atoms with Gasteiger partial charge in [-0.25, -0.2) is 0 Å². The van der Waals surface area contributed by atoms with Crippen LogP contribution in [0.5, 0.6) is 0 Å². The van der Waals surface area contributed by atoms with Gasteiger partial charge in [-0.2, -0.15) is 0 Å². The van der Waals surface area contributed by atoms with E-state index in [9.17, 15) is 14.4 Å². The molecule has 0 radical (unpaired) electrons. The summed E-state index contributed by atoms with van der Waals surface area (Å²) in [6.07, 6.45) is 0.517. The number of carbonyl (C=O) groups is 2. The van der Waals surface area contributed by atoms with Crippen molar-refractivity contribution in [2.45, 2.75) is 18.9 Å². The quantitative estimate of drug-likeness (QED) is 0.419. The van der Waals surface area contributed by atoms with Crippen LogP contribution in [-0.4, -0.2) is 29.8 Å². The van der Waals surface area contributed by atoms with Crippen molar-refractivity contribution in [2.24, 2.45) is 0 Å². The Hall–Kier alpha value is -3.90. The van der Waals surface area contributed by atoms with E-state index in [2.05, 4.69) is 0 Å². The maximum Gasteiger partial charge on any atom is 0.291 e. The van der Waals surface area contributed by atoms with Crippen LogP contribution in [0.2, 0.25) is 5.02 Å². The third kappa shape index (κ3) is 2.86. The SMILES string of the molecule is CCN1C(=O)C2(c3ccccc31)c1c(oc3ccc(Cl)cc3c1=O)C(=O)N2CCc1ccccc1. The maximum atomic E-state index is 14.2. The van der Waals surface area contributed by atoms with E-state index >= 15 is 0 Å². The summed E-state index contributed by atoms with van der Waals surface area (Å²) < 4.78 is 6.03. The van der Waals surface area contributed by atoms with Crippen molar-refractivity contribution in [1.82, 2.24) is 4.90 Å². The predicted octanol–water partition coefficient (Wildman–Crippen LogP) is 4.76. The van der Waals surface area contributed by atoms with Gasteiger partial charge in [-0.05, 0) is 43.2 Å². The van der Waals surface area contributed by atoms with Gasteiger partial charge in [0.25, 0.3) is 11.8 Å². The van der Waals surface area contributed by atoms with Gasteiger partial charge in [-0.3, -0.25) is 14.4 Å². The zero-order valence-electron chi connectivity index (χ0n) is 19.0. The lowest BCUT2D eigenvalue weighted by atomic mass is 9.83. The van der Waals surface area contributed by atoms with E-state index in [0.29, 0.717) is 29.2 Å². The van der Waals surface area contributed by atoms with Crippen LogP contribution in [0.4, 0.5) is 5.69 Å². The average Bonchev–Trinajstić information content (AvgIpc) is 3.27. The van der Waals surface area contributed by atoms with Gasteiger partial charge in [0.15, 0.2) is 11.0 Å². The molecule has 6 rings (SSSR count). The van der Waals surface area contributed by atoms with Crippen LogP contribution in [0.1, 0.15) is 34.2 Å².